The van der Waals surface area contributed by atoms with Crippen molar-refractivity contribution in [1.82, 2.24) is 10.3 Å². The van der Waals surface area contributed by atoms with Crippen LogP contribution in [0.3, 0.4) is 0 Å². The number of nitro benzene ring substituents is 1. The number of benzene rings is 1. The van der Waals surface area contributed by atoms with E-state index in [1.54, 1.807) is 19.1 Å². The van der Waals surface area contributed by atoms with Gasteiger partial charge < -0.3 is 14.6 Å². The van der Waals surface area contributed by atoms with Crippen molar-refractivity contribution in [2.75, 3.05) is 18.0 Å². The number of furan rings is 1. The fraction of sp³-hybridized carbons (Fsp3) is 0.364. The third-order valence-corrected chi connectivity index (χ3v) is 5.58. The summed E-state index contributed by atoms with van der Waals surface area (Å²) in [4.78, 5) is 30.2. The molecule has 1 saturated heterocycles. The Bertz CT molecular complexity index is 1130. The van der Waals surface area contributed by atoms with Crippen molar-refractivity contribution in [2.45, 2.75) is 39.7 Å². The van der Waals surface area contributed by atoms with E-state index in [9.17, 15) is 14.9 Å². The summed E-state index contributed by atoms with van der Waals surface area (Å²) in [5.41, 5.74) is 2.71. The molecule has 1 aliphatic rings. The highest BCUT2D eigenvalue weighted by Gasteiger charge is 2.25. The number of fused-ring (bicyclic) bond motifs is 1. The van der Waals surface area contributed by atoms with Gasteiger partial charge in [-0.3, -0.25) is 14.9 Å². The number of carbonyl (C=O) groups excluding carboxylic acids is 1. The third kappa shape index (κ3) is 3.72. The van der Waals surface area contributed by atoms with E-state index in [-0.39, 0.29) is 22.6 Å². The van der Waals surface area contributed by atoms with Gasteiger partial charge in [0.05, 0.1) is 10.5 Å². The lowest BCUT2D eigenvalue weighted by Crippen LogP contribution is -2.44. The molecular weight excluding hydrogens is 384 g/mol. The summed E-state index contributed by atoms with van der Waals surface area (Å²) in [5, 5.41) is 15.3. The number of pyridine rings is 1. The molecule has 8 nitrogen and oxygen atoms in total. The van der Waals surface area contributed by atoms with E-state index in [0.29, 0.717) is 16.8 Å². The standard InChI is InChI=1S/C22H24N4O4/c1-13-11-20(17-5-4-6-19(26(28)29)21(17)23-13)25-9-7-16(8-10-25)24-22(27)18-12-14(2)30-15(18)3/h4-6,11-12,16H,7-10H2,1-3H3,(H,24,27). The summed E-state index contributed by atoms with van der Waals surface area (Å²) in [6, 6.07) is 8.87. The number of hydrogen-bond acceptors (Lipinski definition) is 6. The molecule has 0 aliphatic carbocycles. The number of piperidine rings is 1. The Balaban J connectivity index is 1.51. The van der Waals surface area contributed by atoms with Crippen LogP contribution < -0.4 is 10.2 Å². The molecule has 30 heavy (non-hydrogen) atoms. The van der Waals surface area contributed by atoms with Crippen LogP contribution in [0.4, 0.5) is 11.4 Å². The number of aromatic nitrogens is 1. The minimum Gasteiger partial charge on any atom is -0.466 e. The predicted molar refractivity (Wildman–Crippen MR) is 114 cm³/mol. The summed E-state index contributed by atoms with van der Waals surface area (Å²) >= 11 is 0. The zero-order valence-electron chi connectivity index (χ0n) is 17.3. The van der Waals surface area contributed by atoms with E-state index in [1.165, 1.54) is 6.07 Å². The molecule has 1 aliphatic heterocycles. The van der Waals surface area contributed by atoms with Crippen LogP contribution in [0.2, 0.25) is 0 Å². The molecule has 0 unspecified atom stereocenters. The van der Waals surface area contributed by atoms with Crippen molar-refractivity contribution in [3.8, 4) is 0 Å². The molecule has 0 spiro atoms. The summed E-state index contributed by atoms with van der Waals surface area (Å²) in [6.45, 7) is 6.96. The van der Waals surface area contributed by atoms with Gasteiger partial charge in [0.25, 0.3) is 11.6 Å². The number of non-ortho nitro benzene ring substituents is 1. The molecule has 1 amide bonds. The van der Waals surface area contributed by atoms with Gasteiger partial charge in [0.2, 0.25) is 0 Å². The van der Waals surface area contributed by atoms with E-state index in [4.69, 9.17) is 4.42 Å². The second kappa shape index (κ2) is 7.78. The number of nitro groups is 1. The average molecular weight is 408 g/mol. The zero-order chi connectivity index (χ0) is 21.4. The molecule has 1 N–H and O–H groups in total. The van der Waals surface area contributed by atoms with Crippen molar-refractivity contribution in [3.05, 3.63) is 63.2 Å². The second-order valence-corrected chi connectivity index (χ2v) is 7.77. The van der Waals surface area contributed by atoms with Gasteiger partial charge in [-0.2, -0.15) is 0 Å². The first-order chi connectivity index (χ1) is 14.3. The summed E-state index contributed by atoms with van der Waals surface area (Å²) in [7, 11) is 0. The quantitative estimate of drug-likeness (QED) is 0.516. The second-order valence-electron chi connectivity index (χ2n) is 7.77. The zero-order valence-corrected chi connectivity index (χ0v) is 17.3. The van der Waals surface area contributed by atoms with Crippen LogP contribution in [0.25, 0.3) is 10.9 Å². The maximum atomic E-state index is 12.6. The molecule has 3 aromatic rings. The molecule has 0 bridgehead atoms. The highest BCUT2D eigenvalue weighted by Crippen LogP contribution is 2.33. The first kappa shape index (κ1) is 19.9. The average Bonchev–Trinajstić information content (AvgIpc) is 3.05. The van der Waals surface area contributed by atoms with E-state index < -0.39 is 0 Å². The van der Waals surface area contributed by atoms with Gasteiger partial charge in [-0.15, -0.1) is 0 Å². The van der Waals surface area contributed by atoms with Gasteiger partial charge >= 0.3 is 0 Å². The van der Waals surface area contributed by atoms with Gasteiger partial charge in [0, 0.05) is 42.0 Å². The lowest BCUT2D eigenvalue weighted by atomic mass is 10.0. The van der Waals surface area contributed by atoms with Crippen molar-refractivity contribution in [2.24, 2.45) is 0 Å². The first-order valence-electron chi connectivity index (χ1n) is 10.0. The molecule has 156 valence electrons. The van der Waals surface area contributed by atoms with Crippen LogP contribution >= 0.6 is 0 Å². The van der Waals surface area contributed by atoms with E-state index in [2.05, 4.69) is 15.2 Å². The fourth-order valence-corrected chi connectivity index (χ4v) is 4.13. The molecular formula is C22H24N4O4. The summed E-state index contributed by atoms with van der Waals surface area (Å²) in [6.07, 6.45) is 1.58. The van der Waals surface area contributed by atoms with E-state index in [0.717, 1.165) is 48.5 Å². The van der Waals surface area contributed by atoms with Crippen LogP contribution in [-0.2, 0) is 0 Å². The Morgan fingerprint density at radius 2 is 1.97 bits per heavy atom. The molecule has 8 heteroatoms. The molecule has 0 atom stereocenters. The SMILES string of the molecule is Cc1cc(N2CCC(NC(=O)c3cc(C)oc3C)CC2)c2cccc([N+](=O)[O-])c2n1. The van der Waals surface area contributed by atoms with E-state index in [1.807, 2.05) is 26.0 Å². The minimum atomic E-state index is -0.389. The minimum absolute atomic E-state index is 0.0189. The Hall–Kier alpha value is -3.42. The molecule has 1 fully saturated rings. The lowest BCUT2D eigenvalue weighted by molar-refractivity contribution is -0.383. The number of nitrogens with one attached hydrogen (secondary N) is 1. The largest absolute Gasteiger partial charge is 0.466 e. The van der Waals surface area contributed by atoms with Gasteiger partial charge in [-0.25, -0.2) is 4.98 Å². The van der Waals surface area contributed by atoms with Crippen molar-refractivity contribution < 1.29 is 14.1 Å². The fourth-order valence-electron chi connectivity index (χ4n) is 4.13. The molecule has 4 rings (SSSR count). The monoisotopic (exact) mass is 408 g/mol. The number of rotatable bonds is 4. The van der Waals surface area contributed by atoms with Crippen molar-refractivity contribution >= 4 is 28.2 Å². The Morgan fingerprint density at radius 1 is 1.23 bits per heavy atom. The molecule has 0 saturated carbocycles. The van der Waals surface area contributed by atoms with E-state index >= 15 is 0 Å². The van der Waals surface area contributed by atoms with Crippen LogP contribution in [-0.4, -0.2) is 34.9 Å². The van der Waals surface area contributed by atoms with Crippen molar-refractivity contribution in [1.29, 1.82) is 0 Å². The topological polar surface area (TPSA) is 102 Å². The number of amides is 1. The molecule has 1 aromatic carbocycles. The molecule has 2 aromatic heterocycles. The van der Waals surface area contributed by atoms with Crippen molar-refractivity contribution in [3.63, 3.8) is 0 Å². The normalized spacial score (nSPS) is 14.8. The number of para-hydroxylation sites is 1. The predicted octanol–water partition coefficient (Wildman–Crippen LogP) is 4.06. The summed E-state index contributed by atoms with van der Waals surface area (Å²) < 4.78 is 5.46. The Labute approximate surface area is 174 Å². The number of nitrogens with zero attached hydrogens (tertiary/aromatic N) is 3. The smallest absolute Gasteiger partial charge is 0.295 e. The lowest BCUT2D eigenvalue weighted by Gasteiger charge is -2.34. The number of carbonyl (C=O) groups is 1. The molecule has 0 radical (unpaired) electrons. The Kier molecular flexibility index (Phi) is 5.15. The maximum absolute atomic E-state index is 12.6. The van der Waals surface area contributed by atoms with Gasteiger partial charge in [0.1, 0.15) is 11.5 Å². The van der Waals surface area contributed by atoms with Gasteiger partial charge in [-0.05, 0) is 45.7 Å². The number of anilines is 1. The highest BCUT2D eigenvalue weighted by atomic mass is 16.6. The molecule has 3 heterocycles. The maximum Gasteiger partial charge on any atom is 0.295 e. The number of aryl methyl sites for hydroxylation is 3. The van der Waals surface area contributed by atoms with Crippen LogP contribution in [0.1, 0.15) is 40.4 Å². The summed E-state index contributed by atoms with van der Waals surface area (Å²) in [5.74, 6) is 1.24. The third-order valence-electron chi connectivity index (χ3n) is 5.58. The van der Waals surface area contributed by atoms with Crippen LogP contribution in [0.5, 0.6) is 0 Å². The van der Waals surface area contributed by atoms with Gasteiger partial charge in [-0.1, -0.05) is 12.1 Å². The number of hydrogen-bond donors (Lipinski definition) is 1. The highest BCUT2D eigenvalue weighted by molar-refractivity contribution is 5.97. The van der Waals surface area contributed by atoms with Crippen LogP contribution in [0.15, 0.2) is 34.7 Å². The Morgan fingerprint density at radius 3 is 2.60 bits per heavy atom. The first-order valence-corrected chi connectivity index (χ1v) is 10.0. The van der Waals surface area contributed by atoms with Gasteiger partial charge in [0.15, 0.2) is 5.52 Å². The van der Waals surface area contributed by atoms with Crippen LogP contribution in [0, 0.1) is 30.9 Å².